The first-order valence-electron chi connectivity index (χ1n) is 9.95. The van der Waals surface area contributed by atoms with Crippen molar-refractivity contribution in [3.05, 3.63) is 60.3 Å². The molecule has 0 spiro atoms. The molecule has 1 fully saturated rings. The van der Waals surface area contributed by atoms with Crippen molar-refractivity contribution in [2.24, 2.45) is 0 Å². The molecule has 0 saturated carbocycles. The Morgan fingerprint density at radius 1 is 1.06 bits per heavy atom. The van der Waals surface area contributed by atoms with Crippen LogP contribution in [0.25, 0.3) is 10.9 Å². The van der Waals surface area contributed by atoms with Crippen LogP contribution in [0.3, 0.4) is 0 Å². The molecule has 33 heavy (non-hydrogen) atoms. The molecule has 3 amide bonds. The van der Waals surface area contributed by atoms with Crippen LogP contribution in [0.1, 0.15) is 19.4 Å². The smallest absolute Gasteiger partial charge is 0.446 e. The second-order valence-electron chi connectivity index (χ2n) is 7.93. The second-order valence-corrected chi connectivity index (χ2v) is 9.07. The number of hydrogen-bond acceptors (Lipinski definition) is 5. The molecule has 1 aliphatic rings. The van der Waals surface area contributed by atoms with Gasteiger partial charge in [0.15, 0.2) is 0 Å². The van der Waals surface area contributed by atoms with Crippen LogP contribution in [0.15, 0.2) is 59.6 Å². The van der Waals surface area contributed by atoms with Gasteiger partial charge in [0.25, 0.3) is 5.91 Å². The Morgan fingerprint density at radius 3 is 2.39 bits per heavy atom. The van der Waals surface area contributed by atoms with Crippen molar-refractivity contribution >= 4 is 40.3 Å². The van der Waals surface area contributed by atoms with Crippen LogP contribution < -0.4 is 9.64 Å². The second kappa shape index (κ2) is 8.26. The number of anilines is 1. The number of benzene rings is 2. The fourth-order valence-corrected chi connectivity index (χ4v) is 4.38. The molecular weight excluding hydrogens is 455 g/mol. The Hall–Kier alpha value is -3.27. The third kappa shape index (κ3) is 4.22. The van der Waals surface area contributed by atoms with E-state index in [4.69, 9.17) is 4.74 Å². The van der Waals surface area contributed by atoms with E-state index in [1.165, 1.54) is 29.2 Å². The number of rotatable bonds is 5. The largest absolute Gasteiger partial charge is 0.496 e. The van der Waals surface area contributed by atoms with E-state index in [9.17, 15) is 22.8 Å². The Labute approximate surface area is 192 Å². The van der Waals surface area contributed by atoms with E-state index in [2.05, 4.69) is 4.98 Å². The van der Waals surface area contributed by atoms with Crippen molar-refractivity contribution in [3.8, 4) is 5.75 Å². The molecule has 0 radical (unpaired) electrons. The number of hydrogen-bond donors (Lipinski definition) is 0. The summed E-state index contributed by atoms with van der Waals surface area (Å²) in [6.45, 7) is 3.40. The van der Waals surface area contributed by atoms with Crippen LogP contribution in [0.2, 0.25) is 0 Å². The van der Waals surface area contributed by atoms with Crippen molar-refractivity contribution < 1.29 is 27.5 Å². The number of imide groups is 1. The number of halogens is 3. The maximum Gasteiger partial charge on any atom is 0.446 e. The molecule has 0 atom stereocenters. The molecule has 2 heterocycles. The lowest BCUT2D eigenvalue weighted by molar-refractivity contribution is -0.123. The van der Waals surface area contributed by atoms with E-state index < -0.39 is 23.0 Å². The molecule has 1 saturated heterocycles. The first kappa shape index (κ1) is 22.9. The highest BCUT2D eigenvalue weighted by molar-refractivity contribution is 8.00. The fraction of sp³-hybridized carbons (Fsp3) is 0.261. The van der Waals surface area contributed by atoms with Gasteiger partial charge in [-0.15, -0.1) is 0 Å². The molecule has 6 nitrogen and oxygen atoms in total. The van der Waals surface area contributed by atoms with Gasteiger partial charge < -0.3 is 9.64 Å². The summed E-state index contributed by atoms with van der Waals surface area (Å²) in [4.78, 5) is 33.3. The van der Waals surface area contributed by atoms with Gasteiger partial charge in [-0.1, -0.05) is 6.07 Å². The van der Waals surface area contributed by atoms with Crippen molar-refractivity contribution in [2.75, 3.05) is 12.0 Å². The average Bonchev–Trinajstić information content (AvgIpc) is 2.92. The predicted molar refractivity (Wildman–Crippen MR) is 119 cm³/mol. The number of carbonyl (C=O) groups is 2. The van der Waals surface area contributed by atoms with Gasteiger partial charge in [0.2, 0.25) is 0 Å². The van der Waals surface area contributed by atoms with Crippen molar-refractivity contribution in [3.63, 3.8) is 0 Å². The zero-order valence-electron chi connectivity index (χ0n) is 18.0. The maximum absolute atomic E-state index is 13.3. The molecule has 4 rings (SSSR count). The number of pyridine rings is 1. The van der Waals surface area contributed by atoms with Gasteiger partial charge in [-0.2, -0.15) is 13.2 Å². The number of methoxy groups -OCH3 is 1. The number of aromatic nitrogens is 1. The highest BCUT2D eigenvalue weighted by atomic mass is 32.2. The lowest BCUT2D eigenvalue weighted by atomic mass is 10.0. The van der Waals surface area contributed by atoms with E-state index in [0.29, 0.717) is 11.3 Å². The summed E-state index contributed by atoms with van der Waals surface area (Å²) in [6.07, 6.45) is 1.63. The fourth-order valence-electron chi connectivity index (χ4n) is 3.84. The van der Waals surface area contributed by atoms with Gasteiger partial charge in [-0.25, -0.2) is 9.69 Å². The Kier molecular flexibility index (Phi) is 5.73. The van der Waals surface area contributed by atoms with Crippen molar-refractivity contribution in [1.29, 1.82) is 0 Å². The minimum Gasteiger partial charge on any atom is -0.496 e. The van der Waals surface area contributed by atoms with Crippen LogP contribution >= 0.6 is 11.8 Å². The highest BCUT2D eigenvalue weighted by Crippen LogP contribution is 2.39. The van der Waals surface area contributed by atoms with Crippen LogP contribution in [0.4, 0.5) is 23.7 Å². The number of urea groups is 1. The number of fused-ring (bicyclic) bond motifs is 1. The highest BCUT2D eigenvalue weighted by Gasteiger charge is 2.51. The summed E-state index contributed by atoms with van der Waals surface area (Å²) in [5.74, 6) is 0.134. The zero-order chi connectivity index (χ0) is 24.0. The number of nitrogens with zero attached hydrogens (tertiary/aromatic N) is 3. The molecular formula is C23H20F3N3O3S. The molecule has 0 unspecified atom stereocenters. The number of amides is 3. The van der Waals surface area contributed by atoms with Gasteiger partial charge in [-0.05, 0) is 73.6 Å². The normalized spacial score (nSPS) is 16.1. The lowest BCUT2D eigenvalue weighted by Crippen LogP contribution is -2.43. The third-order valence-corrected chi connectivity index (χ3v) is 6.25. The number of carbonyl (C=O) groups excluding carboxylic acids is 2. The van der Waals surface area contributed by atoms with Gasteiger partial charge in [0.05, 0.1) is 18.3 Å². The van der Waals surface area contributed by atoms with Gasteiger partial charge in [0.1, 0.15) is 11.3 Å². The molecule has 2 aromatic carbocycles. The van der Waals surface area contributed by atoms with Gasteiger partial charge >= 0.3 is 11.5 Å². The van der Waals surface area contributed by atoms with E-state index in [0.717, 1.165) is 15.8 Å². The SMILES string of the molecule is COc1cccc2nccc(CN3C(=O)N(c4ccc(SC(F)(F)F)cc4)C(=O)C3(C)C)c12. The quantitative estimate of drug-likeness (QED) is 0.355. The van der Waals surface area contributed by atoms with Crippen LogP contribution in [-0.2, 0) is 11.3 Å². The summed E-state index contributed by atoms with van der Waals surface area (Å²) in [6, 6.07) is 11.8. The van der Waals surface area contributed by atoms with E-state index in [1.807, 2.05) is 12.1 Å². The van der Waals surface area contributed by atoms with Crippen molar-refractivity contribution in [1.82, 2.24) is 9.88 Å². The summed E-state index contributed by atoms with van der Waals surface area (Å²) < 4.78 is 43.3. The zero-order valence-corrected chi connectivity index (χ0v) is 18.8. The van der Waals surface area contributed by atoms with Gasteiger partial charge in [-0.3, -0.25) is 9.78 Å². The molecule has 3 aromatic rings. The molecule has 1 aromatic heterocycles. The monoisotopic (exact) mass is 475 g/mol. The first-order valence-corrected chi connectivity index (χ1v) is 10.8. The van der Waals surface area contributed by atoms with E-state index in [1.54, 1.807) is 39.3 Å². The van der Waals surface area contributed by atoms with Crippen LogP contribution in [-0.4, -0.2) is 40.0 Å². The maximum atomic E-state index is 13.3. The molecule has 1 aliphatic heterocycles. The Bertz CT molecular complexity index is 1220. The standard InChI is InChI=1S/C23H20F3N3O3S/c1-22(2)20(30)29(15-7-9-16(10-8-15)33-23(24,25)26)21(31)28(22)13-14-11-12-27-17-5-4-6-18(32-3)19(14)17/h4-12H,13H2,1-3H3. The number of alkyl halides is 3. The summed E-state index contributed by atoms with van der Waals surface area (Å²) >= 11 is -0.256. The summed E-state index contributed by atoms with van der Waals surface area (Å²) in [5.41, 5.74) is -3.94. The summed E-state index contributed by atoms with van der Waals surface area (Å²) in [7, 11) is 1.54. The Balaban J connectivity index is 1.67. The van der Waals surface area contributed by atoms with Crippen LogP contribution in [0.5, 0.6) is 5.75 Å². The lowest BCUT2D eigenvalue weighted by Gasteiger charge is -2.28. The molecule has 0 N–H and O–H groups in total. The average molecular weight is 475 g/mol. The van der Waals surface area contributed by atoms with E-state index in [-0.39, 0.29) is 28.9 Å². The Morgan fingerprint density at radius 2 is 1.76 bits per heavy atom. The summed E-state index contributed by atoms with van der Waals surface area (Å²) in [5, 5.41) is 0.741. The molecule has 172 valence electrons. The minimum atomic E-state index is -4.42. The van der Waals surface area contributed by atoms with E-state index >= 15 is 0 Å². The number of thioether (sulfide) groups is 1. The number of ether oxygens (including phenoxy) is 1. The minimum absolute atomic E-state index is 0.0307. The third-order valence-electron chi connectivity index (χ3n) is 5.52. The van der Waals surface area contributed by atoms with Crippen molar-refractivity contribution in [2.45, 2.75) is 36.3 Å². The topological polar surface area (TPSA) is 62.7 Å². The predicted octanol–water partition coefficient (Wildman–Crippen LogP) is 5.60. The molecule has 10 heteroatoms. The molecule has 0 bridgehead atoms. The van der Waals surface area contributed by atoms with Gasteiger partial charge in [0, 0.05) is 23.0 Å². The molecule has 0 aliphatic carbocycles. The first-order chi connectivity index (χ1) is 15.5. The van der Waals surface area contributed by atoms with Crippen LogP contribution in [0, 0.1) is 0 Å².